The SMILES string of the molecule is C=C.C=C1N(Cc2nc3ccc(Cl)cc3n2CCCCC)c2cnccc2C12CCN(N(C)C(C)CC(C)(C)C)CC2.CC.CC. The van der Waals surface area contributed by atoms with Crippen molar-refractivity contribution < 1.29 is 0 Å². The Morgan fingerprint density at radius 3 is 2.30 bits per heavy atom. The van der Waals surface area contributed by atoms with Crippen molar-refractivity contribution >= 4 is 28.3 Å². The number of piperidine rings is 1. The molecule has 46 heavy (non-hydrogen) atoms. The van der Waals surface area contributed by atoms with Gasteiger partial charge in [-0.1, -0.05) is 86.4 Å². The lowest BCUT2D eigenvalue weighted by Crippen LogP contribution is -2.52. The molecule has 1 atom stereocenters. The number of aryl methyl sites for hydroxylation is 1. The number of rotatable bonds is 9. The van der Waals surface area contributed by atoms with Gasteiger partial charge in [-0.3, -0.25) is 4.98 Å². The van der Waals surface area contributed by atoms with Gasteiger partial charge < -0.3 is 9.47 Å². The van der Waals surface area contributed by atoms with Crippen molar-refractivity contribution in [2.45, 2.75) is 125 Å². The number of benzene rings is 1. The first kappa shape index (κ1) is 39.5. The normalized spacial score (nSPS) is 16.3. The van der Waals surface area contributed by atoms with Gasteiger partial charge in [0.2, 0.25) is 0 Å². The molecule has 4 heterocycles. The molecule has 1 fully saturated rings. The lowest BCUT2D eigenvalue weighted by Gasteiger charge is -2.46. The van der Waals surface area contributed by atoms with Crippen molar-refractivity contribution in [1.82, 2.24) is 24.6 Å². The molecule has 0 bridgehead atoms. The number of hydrazine groups is 1. The number of hydrogen-bond donors (Lipinski definition) is 0. The van der Waals surface area contributed by atoms with Gasteiger partial charge in [0.25, 0.3) is 0 Å². The molecule has 6 nitrogen and oxygen atoms in total. The van der Waals surface area contributed by atoms with Crippen LogP contribution < -0.4 is 4.90 Å². The van der Waals surface area contributed by atoms with Crippen LogP contribution in [0.5, 0.6) is 0 Å². The Bertz CT molecular complexity index is 1360. The summed E-state index contributed by atoms with van der Waals surface area (Å²) in [4.78, 5) is 12.1. The van der Waals surface area contributed by atoms with E-state index >= 15 is 0 Å². The molecule has 0 N–H and O–H groups in total. The zero-order valence-corrected chi connectivity index (χ0v) is 31.6. The molecule has 1 saturated heterocycles. The summed E-state index contributed by atoms with van der Waals surface area (Å²) in [7, 11) is 2.26. The maximum atomic E-state index is 6.42. The van der Waals surface area contributed by atoms with E-state index in [2.05, 4.69) is 91.4 Å². The van der Waals surface area contributed by atoms with E-state index < -0.39 is 0 Å². The largest absolute Gasteiger partial charge is 0.336 e. The molecule has 2 aromatic heterocycles. The van der Waals surface area contributed by atoms with Gasteiger partial charge in [-0.2, -0.15) is 0 Å². The van der Waals surface area contributed by atoms with Gasteiger partial charge in [-0.25, -0.2) is 15.0 Å². The van der Waals surface area contributed by atoms with Crippen LogP contribution in [0.3, 0.4) is 0 Å². The second-order valence-corrected chi connectivity index (χ2v) is 13.6. The van der Waals surface area contributed by atoms with Gasteiger partial charge in [0.1, 0.15) is 5.82 Å². The lowest BCUT2D eigenvalue weighted by molar-refractivity contribution is -0.0645. The van der Waals surface area contributed by atoms with Crippen LogP contribution in [0, 0.1) is 5.41 Å². The number of anilines is 1. The van der Waals surface area contributed by atoms with Gasteiger partial charge in [-0.15, -0.1) is 13.2 Å². The minimum atomic E-state index is -0.0642. The molecular weight excluding hydrogens is 588 g/mol. The number of fused-ring (bicyclic) bond motifs is 3. The molecule has 1 aromatic carbocycles. The van der Waals surface area contributed by atoms with Crippen LogP contribution in [0.4, 0.5) is 5.69 Å². The number of unbranched alkanes of at least 4 members (excludes halogenated alkanes) is 2. The Balaban J connectivity index is 0.00000116. The number of halogens is 1. The molecule has 2 aliphatic rings. The highest BCUT2D eigenvalue weighted by Crippen LogP contribution is 2.53. The zero-order valence-electron chi connectivity index (χ0n) is 30.8. The first-order valence-electron chi connectivity index (χ1n) is 17.6. The molecule has 1 spiro atoms. The van der Waals surface area contributed by atoms with Crippen molar-refractivity contribution in [3.05, 3.63) is 78.5 Å². The predicted octanol–water partition coefficient (Wildman–Crippen LogP) is 10.7. The van der Waals surface area contributed by atoms with Crippen LogP contribution in [-0.2, 0) is 18.5 Å². The van der Waals surface area contributed by atoms with E-state index in [1.54, 1.807) is 0 Å². The Morgan fingerprint density at radius 2 is 1.70 bits per heavy atom. The minimum absolute atomic E-state index is 0.0642. The number of allylic oxidation sites excluding steroid dienone is 1. The molecule has 1 unspecified atom stereocenters. The number of nitrogens with zero attached hydrogens (tertiary/aromatic N) is 6. The number of hydrogen-bond acceptors (Lipinski definition) is 5. The first-order valence-corrected chi connectivity index (χ1v) is 18.0. The Morgan fingerprint density at radius 1 is 1.04 bits per heavy atom. The Kier molecular flexibility index (Phi) is 15.5. The average molecular weight is 651 g/mol. The van der Waals surface area contributed by atoms with Crippen LogP contribution in [0.25, 0.3) is 11.0 Å². The first-order chi connectivity index (χ1) is 22.0. The fraction of sp³-hybridized carbons (Fsp3) is 0.590. The highest BCUT2D eigenvalue weighted by Gasteiger charge is 2.48. The van der Waals surface area contributed by atoms with E-state index in [-0.39, 0.29) is 5.41 Å². The van der Waals surface area contributed by atoms with Crippen LogP contribution in [0.2, 0.25) is 5.02 Å². The maximum Gasteiger partial charge on any atom is 0.129 e. The molecule has 5 rings (SSSR count). The third-order valence-corrected chi connectivity index (χ3v) is 9.38. The smallest absolute Gasteiger partial charge is 0.129 e. The second kappa shape index (κ2) is 18.0. The van der Waals surface area contributed by atoms with Crippen LogP contribution in [0.15, 0.2) is 62.1 Å². The van der Waals surface area contributed by atoms with E-state index in [1.807, 2.05) is 52.2 Å². The number of imidazole rings is 1. The Hall–Kier alpha value is -2.67. The summed E-state index contributed by atoms with van der Waals surface area (Å²) in [5, 5.41) is 5.78. The number of pyridine rings is 1. The van der Waals surface area contributed by atoms with Crippen molar-refractivity contribution in [3.63, 3.8) is 0 Å². The monoisotopic (exact) mass is 650 g/mol. The summed E-state index contributed by atoms with van der Waals surface area (Å²) in [5.41, 5.74) is 6.11. The maximum absolute atomic E-state index is 6.42. The van der Waals surface area contributed by atoms with Gasteiger partial charge in [-0.05, 0) is 67.9 Å². The van der Waals surface area contributed by atoms with E-state index in [4.69, 9.17) is 23.2 Å². The topological polar surface area (TPSA) is 40.4 Å². The predicted molar refractivity (Wildman–Crippen MR) is 202 cm³/mol. The van der Waals surface area contributed by atoms with E-state index in [0.29, 0.717) is 18.0 Å². The number of aromatic nitrogens is 3. The molecule has 3 aromatic rings. The van der Waals surface area contributed by atoms with Crippen molar-refractivity contribution in [3.8, 4) is 0 Å². The summed E-state index contributed by atoms with van der Waals surface area (Å²) in [5.74, 6) is 1.06. The van der Waals surface area contributed by atoms with Gasteiger partial charge in [0.15, 0.2) is 0 Å². The zero-order chi connectivity index (χ0) is 34.7. The van der Waals surface area contributed by atoms with E-state index in [0.717, 1.165) is 60.8 Å². The molecule has 7 heteroatoms. The molecular formula is C39H63ClN6. The fourth-order valence-corrected chi connectivity index (χ4v) is 7.14. The summed E-state index contributed by atoms with van der Waals surface area (Å²) in [6.45, 7) is 34.0. The second-order valence-electron chi connectivity index (χ2n) is 13.2. The van der Waals surface area contributed by atoms with Gasteiger partial charge in [0.05, 0.1) is 29.5 Å². The van der Waals surface area contributed by atoms with E-state index in [9.17, 15) is 0 Å². The van der Waals surface area contributed by atoms with Crippen molar-refractivity contribution in [2.24, 2.45) is 5.41 Å². The standard InChI is InChI=1S/C33H47ClN6.2C2H6.C2H4/c1-8-9-10-17-39-29-20-26(34)11-12-28(29)36-31(39)23-40-25(3)33(27-13-16-35-22-30(27)40)14-18-38(19-15-33)37(7)24(2)21-32(4,5)6;3*1-2/h11-13,16,20,22,24H,3,8-10,14-15,17-19,21,23H2,1-2,4-7H3;2*1-2H3;1-2H2. The van der Waals surface area contributed by atoms with Crippen LogP contribution in [-0.4, -0.2) is 50.7 Å². The van der Waals surface area contributed by atoms with Crippen LogP contribution in [0.1, 0.15) is 112 Å². The lowest BCUT2D eigenvalue weighted by atomic mass is 9.73. The molecule has 0 saturated carbocycles. The van der Waals surface area contributed by atoms with Gasteiger partial charge in [0, 0.05) is 55.1 Å². The van der Waals surface area contributed by atoms with E-state index in [1.165, 1.54) is 36.2 Å². The quantitative estimate of drug-likeness (QED) is 0.170. The summed E-state index contributed by atoms with van der Waals surface area (Å²) < 4.78 is 2.37. The molecule has 256 valence electrons. The fourth-order valence-electron chi connectivity index (χ4n) is 6.97. The highest BCUT2D eigenvalue weighted by atomic mass is 35.5. The third kappa shape index (κ3) is 8.81. The Labute approximate surface area is 286 Å². The third-order valence-electron chi connectivity index (χ3n) is 9.14. The minimum Gasteiger partial charge on any atom is -0.336 e. The van der Waals surface area contributed by atoms with Crippen LogP contribution >= 0.6 is 11.6 Å². The average Bonchev–Trinajstić information content (AvgIpc) is 3.51. The molecule has 2 aliphatic heterocycles. The summed E-state index contributed by atoms with van der Waals surface area (Å²) in [6.07, 6.45) is 10.8. The molecule has 0 aliphatic carbocycles. The summed E-state index contributed by atoms with van der Waals surface area (Å²) in [6, 6.07) is 8.77. The molecule has 0 radical (unpaired) electrons. The highest BCUT2D eigenvalue weighted by molar-refractivity contribution is 6.31. The van der Waals surface area contributed by atoms with Crippen molar-refractivity contribution in [1.29, 1.82) is 0 Å². The summed E-state index contributed by atoms with van der Waals surface area (Å²) >= 11 is 6.42. The molecule has 0 amide bonds. The van der Waals surface area contributed by atoms with Gasteiger partial charge >= 0.3 is 0 Å². The van der Waals surface area contributed by atoms with Crippen molar-refractivity contribution in [2.75, 3.05) is 25.0 Å².